The Morgan fingerprint density at radius 2 is 2.20 bits per heavy atom. The highest BCUT2D eigenvalue weighted by molar-refractivity contribution is 7.89. The van der Waals surface area contributed by atoms with Crippen molar-refractivity contribution in [3.8, 4) is 5.75 Å². The number of hydrogen-bond acceptors (Lipinski definition) is 5. The second-order valence-electron chi connectivity index (χ2n) is 4.52. The molecule has 1 aliphatic rings. The van der Waals surface area contributed by atoms with Crippen molar-refractivity contribution >= 4 is 16.0 Å². The molecule has 20 heavy (non-hydrogen) atoms. The van der Waals surface area contributed by atoms with Crippen molar-refractivity contribution in [1.29, 1.82) is 0 Å². The number of esters is 1. The van der Waals surface area contributed by atoms with E-state index in [1.807, 2.05) is 0 Å². The summed E-state index contributed by atoms with van der Waals surface area (Å²) in [6.07, 6.45) is 0.741. The number of benzene rings is 1. The summed E-state index contributed by atoms with van der Waals surface area (Å²) in [5.41, 5.74) is 0.896. The Labute approximate surface area is 118 Å². The minimum atomic E-state index is -3.59. The summed E-state index contributed by atoms with van der Waals surface area (Å²) in [6, 6.07) is 4.82. The fraction of sp³-hybridized carbons (Fsp3) is 0.462. The summed E-state index contributed by atoms with van der Waals surface area (Å²) < 4.78 is 35.7. The van der Waals surface area contributed by atoms with E-state index in [4.69, 9.17) is 4.74 Å². The lowest BCUT2D eigenvalue weighted by Crippen LogP contribution is -2.29. The molecule has 0 saturated carbocycles. The van der Waals surface area contributed by atoms with Crippen molar-refractivity contribution in [3.05, 3.63) is 23.8 Å². The zero-order valence-electron chi connectivity index (χ0n) is 11.5. The van der Waals surface area contributed by atoms with Crippen molar-refractivity contribution in [1.82, 2.24) is 4.31 Å². The summed E-state index contributed by atoms with van der Waals surface area (Å²) in [5.74, 6) is 0.301. The second-order valence-corrected chi connectivity index (χ2v) is 6.57. The number of carbonyl (C=O) groups excluding carboxylic acids is 1. The van der Waals surface area contributed by atoms with Crippen LogP contribution in [0.1, 0.15) is 12.0 Å². The second kappa shape index (κ2) is 5.80. The van der Waals surface area contributed by atoms with Crippen LogP contribution in [-0.4, -0.2) is 46.0 Å². The van der Waals surface area contributed by atoms with Gasteiger partial charge in [-0.2, -0.15) is 0 Å². The first-order valence-corrected chi connectivity index (χ1v) is 7.68. The minimum Gasteiger partial charge on any atom is -0.493 e. The first-order valence-electron chi connectivity index (χ1n) is 6.24. The van der Waals surface area contributed by atoms with Crippen molar-refractivity contribution < 1.29 is 22.7 Å². The van der Waals surface area contributed by atoms with E-state index < -0.39 is 16.0 Å². The monoisotopic (exact) mass is 299 g/mol. The Kier molecular flexibility index (Phi) is 4.29. The van der Waals surface area contributed by atoms with E-state index in [9.17, 15) is 13.2 Å². The smallest absolute Gasteiger partial charge is 0.306 e. The molecule has 0 aromatic heterocycles. The molecule has 0 spiro atoms. The van der Waals surface area contributed by atoms with Crippen LogP contribution in [0.5, 0.6) is 5.75 Å². The van der Waals surface area contributed by atoms with E-state index in [1.54, 1.807) is 12.1 Å². The summed E-state index contributed by atoms with van der Waals surface area (Å²) in [6.45, 7) is 0.666. The highest BCUT2D eigenvalue weighted by atomic mass is 32.2. The van der Waals surface area contributed by atoms with Crippen molar-refractivity contribution in [2.24, 2.45) is 0 Å². The number of fused-ring (bicyclic) bond motifs is 1. The van der Waals surface area contributed by atoms with Gasteiger partial charge in [0.05, 0.1) is 25.0 Å². The topological polar surface area (TPSA) is 72.9 Å². The Hall–Kier alpha value is -1.60. The third-order valence-corrected chi connectivity index (χ3v) is 5.08. The Morgan fingerprint density at radius 1 is 1.45 bits per heavy atom. The fourth-order valence-electron chi connectivity index (χ4n) is 1.97. The molecule has 0 fully saturated rings. The molecule has 1 aromatic rings. The molecule has 1 aromatic carbocycles. The highest BCUT2D eigenvalue weighted by Crippen LogP contribution is 2.28. The average molecular weight is 299 g/mol. The summed E-state index contributed by atoms with van der Waals surface area (Å²) in [7, 11) is -0.873. The lowest BCUT2D eigenvalue weighted by molar-refractivity contribution is -0.140. The molecule has 0 N–H and O–H groups in total. The normalized spacial score (nSPS) is 13.9. The van der Waals surface area contributed by atoms with Gasteiger partial charge in [-0.1, -0.05) is 0 Å². The lowest BCUT2D eigenvalue weighted by atomic mass is 10.2. The van der Waals surface area contributed by atoms with Crippen LogP contribution >= 0.6 is 0 Å². The zero-order valence-corrected chi connectivity index (χ0v) is 12.3. The van der Waals surface area contributed by atoms with Gasteiger partial charge in [-0.25, -0.2) is 12.7 Å². The number of hydrogen-bond donors (Lipinski definition) is 0. The van der Waals surface area contributed by atoms with Crippen LogP contribution < -0.4 is 4.74 Å². The highest BCUT2D eigenvalue weighted by Gasteiger charge is 2.23. The predicted molar refractivity (Wildman–Crippen MR) is 72.1 cm³/mol. The van der Waals surface area contributed by atoms with E-state index >= 15 is 0 Å². The SMILES string of the molecule is COC(=O)CCN(C)S(=O)(=O)c1ccc2c(c1)CCO2. The first-order chi connectivity index (χ1) is 9.45. The number of rotatable bonds is 5. The van der Waals surface area contributed by atoms with Crippen LogP contribution in [0.2, 0.25) is 0 Å². The van der Waals surface area contributed by atoms with Gasteiger partial charge in [0.1, 0.15) is 5.75 Å². The molecule has 0 amide bonds. The third kappa shape index (κ3) is 2.94. The van der Waals surface area contributed by atoms with Gasteiger partial charge in [-0.3, -0.25) is 4.79 Å². The molecule has 0 radical (unpaired) electrons. The predicted octanol–water partition coefficient (Wildman–Crippen LogP) is 0.805. The molecule has 0 unspecified atom stereocenters. The van der Waals surface area contributed by atoms with Gasteiger partial charge in [0.2, 0.25) is 10.0 Å². The summed E-state index contributed by atoms with van der Waals surface area (Å²) in [5, 5.41) is 0. The maximum Gasteiger partial charge on any atom is 0.306 e. The summed E-state index contributed by atoms with van der Waals surface area (Å²) in [4.78, 5) is 11.3. The number of carbonyl (C=O) groups is 1. The van der Waals surface area contributed by atoms with Gasteiger partial charge in [0.15, 0.2) is 0 Å². The molecule has 0 atom stereocenters. The molecule has 6 nitrogen and oxygen atoms in total. The van der Waals surface area contributed by atoms with Crippen LogP contribution in [0.15, 0.2) is 23.1 Å². The van der Waals surface area contributed by atoms with E-state index in [1.165, 1.54) is 20.2 Å². The Balaban J connectivity index is 2.15. The molecule has 0 aliphatic carbocycles. The summed E-state index contributed by atoms with van der Waals surface area (Å²) >= 11 is 0. The van der Waals surface area contributed by atoms with E-state index in [0.29, 0.717) is 13.0 Å². The Bertz CT molecular complexity index is 611. The van der Waals surface area contributed by atoms with E-state index in [2.05, 4.69) is 4.74 Å². The standard InChI is InChI=1S/C13H17NO5S/c1-14(7-5-13(15)18-2)20(16,17)11-3-4-12-10(9-11)6-8-19-12/h3-4,9H,5-8H2,1-2H3. The van der Waals surface area contributed by atoms with Gasteiger partial charge in [0, 0.05) is 20.0 Å². The first kappa shape index (κ1) is 14.8. The van der Waals surface area contributed by atoms with Crippen molar-refractivity contribution in [3.63, 3.8) is 0 Å². The van der Waals surface area contributed by atoms with Gasteiger partial charge >= 0.3 is 5.97 Å². The van der Waals surface area contributed by atoms with E-state index in [0.717, 1.165) is 15.6 Å². The largest absolute Gasteiger partial charge is 0.493 e. The Morgan fingerprint density at radius 3 is 2.90 bits per heavy atom. The van der Waals surface area contributed by atoms with Crippen LogP contribution in [0.25, 0.3) is 0 Å². The van der Waals surface area contributed by atoms with Crippen molar-refractivity contribution in [2.45, 2.75) is 17.7 Å². The quantitative estimate of drug-likeness (QED) is 0.752. The zero-order chi connectivity index (χ0) is 14.8. The molecule has 0 saturated heterocycles. The number of methoxy groups -OCH3 is 1. The van der Waals surface area contributed by atoms with Gasteiger partial charge in [0.25, 0.3) is 0 Å². The molecule has 2 rings (SSSR count). The number of ether oxygens (including phenoxy) is 2. The van der Waals surface area contributed by atoms with Crippen LogP contribution in [-0.2, 0) is 26.0 Å². The molecular weight excluding hydrogens is 282 g/mol. The fourth-order valence-corrected chi connectivity index (χ4v) is 3.20. The third-order valence-electron chi connectivity index (χ3n) is 3.23. The molecule has 0 bridgehead atoms. The minimum absolute atomic E-state index is 0.0281. The number of sulfonamides is 1. The molecule has 1 heterocycles. The van der Waals surface area contributed by atoms with Crippen LogP contribution in [0, 0.1) is 0 Å². The number of nitrogens with zero attached hydrogens (tertiary/aromatic N) is 1. The van der Waals surface area contributed by atoms with Gasteiger partial charge in [-0.05, 0) is 23.8 Å². The van der Waals surface area contributed by atoms with Gasteiger partial charge in [-0.15, -0.1) is 0 Å². The maximum absolute atomic E-state index is 12.4. The van der Waals surface area contributed by atoms with Crippen molar-refractivity contribution in [2.75, 3.05) is 27.3 Å². The van der Waals surface area contributed by atoms with Crippen LogP contribution in [0.3, 0.4) is 0 Å². The maximum atomic E-state index is 12.4. The van der Waals surface area contributed by atoms with E-state index in [-0.39, 0.29) is 17.9 Å². The van der Waals surface area contributed by atoms with Crippen LogP contribution in [0.4, 0.5) is 0 Å². The molecule has 110 valence electrons. The van der Waals surface area contributed by atoms with Gasteiger partial charge < -0.3 is 9.47 Å². The molecular formula is C13H17NO5S. The molecule has 1 aliphatic heterocycles. The average Bonchev–Trinajstić information content (AvgIpc) is 2.91. The lowest BCUT2D eigenvalue weighted by Gasteiger charge is -2.17. The molecule has 7 heteroatoms.